The Balaban J connectivity index is 1.60. The number of amides is 1. The third-order valence-electron chi connectivity index (χ3n) is 5.03. The third-order valence-corrected chi connectivity index (χ3v) is 5.89. The summed E-state index contributed by atoms with van der Waals surface area (Å²) in [5.74, 6) is 1.75. The van der Waals surface area contributed by atoms with Crippen molar-refractivity contribution in [3.05, 3.63) is 58.2 Å². The van der Waals surface area contributed by atoms with Crippen LogP contribution in [0.1, 0.15) is 39.7 Å². The normalized spacial score (nSPS) is 16.8. The average Bonchev–Trinajstić information content (AvgIpc) is 3.20. The molecule has 3 aromatic heterocycles. The number of anilines is 1. The fourth-order valence-corrected chi connectivity index (χ4v) is 4.25. The van der Waals surface area contributed by atoms with Crippen molar-refractivity contribution in [3.63, 3.8) is 0 Å². The van der Waals surface area contributed by atoms with Gasteiger partial charge in [0, 0.05) is 60.3 Å². The summed E-state index contributed by atoms with van der Waals surface area (Å²) in [7, 11) is 1.86. The van der Waals surface area contributed by atoms with E-state index in [2.05, 4.69) is 15.3 Å². The van der Waals surface area contributed by atoms with Gasteiger partial charge in [-0.2, -0.15) is 0 Å². The van der Waals surface area contributed by atoms with Gasteiger partial charge in [-0.05, 0) is 38.0 Å². The number of carbonyl (C=O) groups excluding carboxylic acids is 1. The third kappa shape index (κ3) is 3.89. The van der Waals surface area contributed by atoms with Crippen molar-refractivity contribution in [2.45, 2.75) is 25.7 Å². The van der Waals surface area contributed by atoms with E-state index in [-0.39, 0.29) is 11.8 Å². The summed E-state index contributed by atoms with van der Waals surface area (Å²) in [4.78, 5) is 29.6. The summed E-state index contributed by atoms with van der Waals surface area (Å²) in [6, 6.07) is 7.81. The summed E-state index contributed by atoms with van der Waals surface area (Å²) in [5, 5.41) is 5.08. The molecule has 0 bridgehead atoms. The first-order valence-corrected chi connectivity index (χ1v) is 10.3. The van der Waals surface area contributed by atoms with Crippen LogP contribution in [0.25, 0.3) is 11.4 Å². The smallest absolute Gasteiger partial charge is 0.254 e. The van der Waals surface area contributed by atoms with Crippen molar-refractivity contribution < 1.29 is 4.79 Å². The molecule has 28 heavy (non-hydrogen) atoms. The minimum atomic E-state index is 0.115. The van der Waals surface area contributed by atoms with E-state index in [1.807, 2.05) is 48.5 Å². The number of hydrogen-bond acceptors (Lipinski definition) is 6. The molecule has 144 valence electrons. The molecule has 0 saturated carbocycles. The lowest BCUT2D eigenvalue weighted by Crippen LogP contribution is -2.39. The van der Waals surface area contributed by atoms with E-state index in [4.69, 9.17) is 4.98 Å². The van der Waals surface area contributed by atoms with Gasteiger partial charge in [-0.15, -0.1) is 11.3 Å². The Labute approximate surface area is 168 Å². The van der Waals surface area contributed by atoms with Crippen LogP contribution in [0, 0.1) is 6.92 Å². The lowest BCUT2D eigenvalue weighted by Gasteiger charge is -2.32. The monoisotopic (exact) mass is 393 g/mol. The maximum Gasteiger partial charge on any atom is 0.254 e. The molecule has 0 unspecified atom stereocenters. The lowest BCUT2D eigenvalue weighted by molar-refractivity contribution is 0.0706. The van der Waals surface area contributed by atoms with Gasteiger partial charge in [0.05, 0.1) is 11.3 Å². The second kappa shape index (κ2) is 8.06. The molecular formula is C21H23N5OS. The Morgan fingerprint density at radius 3 is 2.93 bits per heavy atom. The number of aryl methyl sites for hydroxylation is 1. The fraction of sp³-hybridized carbons (Fsp3) is 0.333. The molecule has 7 heteroatoms. The zero-order valence-corrected chi connectivity index (χ0v) is 16.9. The van der Waals surface area contributed by atoms with Gasteiger partial charge in [-0.25, -0.2) is 9.97 Å². The van der Waals surface area contributed by atoms with E-state index in [9.17, 15) is 4.79 Å². The predicted molar refractivity (Wildman–Crippen MR) is 112 cm³/mol. The average molecular weight is 394 g/mol. The van der Waals surface area contributed by atoms with Crippen LogP contribution in [0.15, 0.2) is 42.0 Å². The van der Waals surface area contributed by atoms with Crippen molar-refractivity contribution in [1.29, 1.82) is 0 Å². The Morgan fingerprint density at radius 2 is 2.21 bits per heavy atom. The molecule has 1 aliphatic rings. The largest absolute Gasteiger partial charge is 0.373 e. The van der Waals surface area contributed by atoms with Crippen LogP contribution in [0.4, 0.5) is 5.82 Å². The number of nitrogens with zero attached hydrogens (tertiary/aromatic N) is 4. The number of likely N-dealkylation sites (tertiary alicyclic amines) is 1. The highest BCUT2D eigenvalue weighted by Crippen LogP contribution is 2.29. The van der Waals surface area contributed by atoms with Crippen LogP contribution < -0.4 is 5.32 Å². The fourth-order valence-electron chi connectivity index (χ4n) is 3.57. The summed E-state index contributed by atoms with van der Waals surface area (Å²) in [6.07, 6.45) is 5.50. The zero-order chi connectivity index (χ0) is 19.5. The number of thiophene rings is 1. The number of carbonyl (C=O) groups is 1. The Kier molecular flexibility index (Phi) is 5.34. The number of rotatable bonds is 4. The standard InChI is InChI=1S/C21H23N5OS/c1-14-9-17(13-28-14)21(27)26-8-4-6-16(12-26)18-10-19(22-2)25-20(24-18)15-5-3-7-23-11-15/h3,5,7,9-11,13,16H,4,6,8,12H2,1-2H3,(H,22,24,25)/t16-/m0/s1. The number of hydrogen-bond donors (Lipinski definition) is 1. The molecule has 0 radical (unpaired) electrons. The Bertz CT molecular complexity index is 972. The van der Waals surface area contributed by atoms with Gasteiger partial charge in [-0.1, -0.05) is 0 Å². The highest BCUT2D eigenvalue weighted by Gasteiger charge is 2.27. The minimum absolute atomic E-state index is 0.115. The summed E-state index contributed by atoms with van der Waals surface area (Å²) >= 11 is 1.62. The molecule has 6 nitrogen and oxygen atoms in total. The van der Waals surface area contributed by atoms with Crippen molar-refractivity contribution in [3.8, 4) is 11.4 Å². The number of aromatic nitrogens is 3. The van der Waals surface area contributed by atoms with Gasteiger partial charge in [0.2, 0.25) is 0 Å². The topological polar surface area (TPSA) is 71.0 Å². The zero-order valence-electron chi connectivity index (χ0n) is 16.1. The molecule has 4 heterocycles. The summed E-state index contributed by atoms with van der Waals surface area (Å²) in [5.41, 5.74) is 2.65. The first-order valence-electron chi connectivity index (χ1n) is 9.45. The maximum absolute atomic E-state index is 12.9. The lowest BCUT2D eigenvalue weighted by atomic mass is 9.94. The van der Waals surface area contributed by atoms with Crippen LogP contribution in [0.2, 0.25) is 0 Å². The molecule has 1 N–H and O–H groups in total. The van der Waals surface area contributed by atoms with Crippen LogP contribution in [-0.2, 0) is 0 Å². The first kappa shape index (κ1) is 18.6. The molecule has 3 aromatic rings. The van der Waals surface area contributed by atoms with Gasteiger partial charge in [0.15, 0.2) is 5.82 Å². The van der Waals surface area contributed by atoms with Gasteiger partial charge in [0.25, 0.3) is 5.91 Å². The Morgan fingerprint density at radius 1 is 1.32 bits per heavy atom. The highest BCUT2D eigenvalue weighted by molar-refractivity contribution is 7.10. The predicted octanol–water partition coefficient (Wildman–Crippen LogP) is 3.97. The van der Waals surface area contributed by atoms with Gasteiger partial charge in [-0.3, -0.25) is 9.78 Å². The molecule has 1 fully saturated rings. The molecule has 1 saturated heterocycles. The van der Waals surface area contributed by atoms with E-state index in [0.717, 1.165) is 46.9 Å². The second-order valence-corrected chi connectivity index (χ2v) is 8.15. The van der Waals surface area contributed by atoms with E-state index < -0.39 is 0 Å². The van der Waals surface area contributed by atoms with Gasteiger partial charge >= 0.3 is 0 Å². The van der Waals surface area contributed by atoms with Crippen molar-refractivity contribution in [1.82, 2.24) is 19.9 Å². The van der Waals surface area contributed by atoms with Gasteiger partial charge in [0.1, 0.15) is 5.82 Å². The van der Waals surface area contributed by atoms with Crippen LogP contribution in [0.5, 0.6) is 0 Å². The van der Waals surface area contributed by atoms with Crippen molar-refractivity contribution >= 4 is 23.1 Å². The van der Waals surface area contributed by atoms with E-state index in [0.29, 0.717) is 12.4 Å². The minimum Gasteiger partial charge on any atom is -0.373 e. The molecule has 1 atom stereocenters. The van der Waals surface area contributed by atoms with Crippen molar-refractivity contribution in [2.75, 3.05) is 25.5 Å². The molecule has 0 aromatic carbocycles. The van der Waals surface area contributed by atoms with Crippen LogP contribution >= 0.6 is 11.3 Å². The first-order chi connectivity index (χ1) is 13.6. The number of nitrogens with one attached hydrogen (secondary N) is 1. The molecule has 0 aliphatic carbocycles. The van der Waals surface area contributed by atoms with Crippen LogP contribution in [0.3, 0.4) is 0 Å². The van der Waals surface area contributed by atoms with Gasteiger partial charge < -0.3 is 10.2 Å². The number of piperidine rings is 1. The van der Waals surface area contributed by atoms with E-state index in [1.165, 1.54) is 0 Å². The maximum atomic E-state index is 12.9. The molecule has 4 rings (SSSR count). The number of pyridine rings is 1. The SMILES string of the molecule is CNc1cc([C@H]2CCCN(C(=O)c3csc(C)c3)C2)nc(-c2cccnc2)n1. The summed E-state index contributed by atoms with van der Waals surface area (Å²) in [6.45, 7) is 3.50. The second-order valence-electron chi connectivity index (χ2n) is 7.03. The summed E-state index contributed by atoms with van der Waals surface area (Å²) < 4.78 is 0. The Hall–Kier alpha value is -2.80. The van der Waals surface area contributed by atoms with Crippen LogP contribution in [-0.4, -0.2) is 45.9 Å². The molecular weight excluding hydrogens is 370 g/mol. The molecule has 1 amide bonds. The van der Waals surface area contributed by atoms with E-state index in [1.54, 1.807) is 23.7 Å². The highest BCUT2D eigenvalue weighted by atomic mass is 32.1. The molecule has 1 aliphatic heterocycles. The van der Waals surface area contributed by atoms with Crippen molar-refractivity contribution in [2.24, 2.45) is 0 Å². The van der Waals surface area contributed by atoms with E-state index >= 15 is 0 Å². The molecule has 0 spiro atoms. The quantitative estimate of drug-likeness (QED) is 0.726.